The molecule has 0 spiro atoms. The van der Waals surface area contributed by atoms with Crippen molar-refractivity contribution in [1.82, 2.24) is 0 Å². The monoisotopic (exact) mass is 1250 g/mol. The number of hydrogen-bond donors (Lipinski definition) is 3. The molecule has 85 heavy (non-hydrogen) atoms. The number of carbonyl (C=O) groups excluding carboxylic acids is 4. The standard InChI is InChI=1S/C66H128O17P2/c1-5-9-13-17-21-24-27-28-29-30-31-34-37-41-45-49-53-66(71)83-62(57-77-64(69)51-47-43-39-35-32-25-22-18-14-10-6-2)59-81-85(74,75)79-55-60(67)54-78-84(72,73)80-58-61(56-76-63(68)50-46-42-38-20-16-12-8-4)82-65(70)52-48-44-40-36-33-26-23-19-15-11-7-3/h60-62,67H,5-59H2,1-4H3,(H,72,73)(H,74,75)/t60-,61+,62+/m0/s1. The van der Waals surface area contributed by atoms with Gasteiger partial charge in [0.1, 0.15) is 19.3 Å². The van der Waals surface area contributed by atoms with Gasteiger partial charge in [0.25, 0.3) is 0 Å². The van der Waals surface area contributed by atoms with Gasteiger partial charge in [-0.15, -0.1) is 0 Å². The average Bonchev–Trinajstić information content (AvgIpc) is 3.62. The van der Waals surface area contributed by atoms with Crippen LogP contribution >= 0.6 is 15.6 Å². The van der Waals surface area contributed by atoms with Gasteiger partial charge in [-0.2, -0.15) is 0 Å². The predicted molar refractivity (Wildman–Crippen MR) is 340 cm³/mol. The molecule has 19 heteroatoms. The summed E-state index contributed by atoms with van der Waals surface area (Å²) >= 11 is 0. The summed E-state index contributed by atoms with van der Waals surface area (Å²) in [6.45, 7) is 4.87. The molecule has 0 saturated carbocycles. The van der Waals surface area contributed by atoms with Crippen molar-refractivity contribution < 1.29 is 80.2 Å². The van der Waals surface area contributed by atoms with E-state index < -0.39 is 97.5 Å². The summed E-state index contributed by atoms with van der Waals surface area (Å²) in [5.41, 5.74) is 0. The van der Waals surface area contributed by atoms with Crippen molar-refractivity contribution in [3.63, 3.8) is 0 Å². The van der Waals surface area contributed by atoms with Gasteiger partial charge in [0.2, 0.25) is 0 Å². The fraction of sp³-hybridized carbons (Fsp3) is 0.939. The van der Waals surface area contributed by atoms with Gasteiger partial charge in [0.05, 0.1) is 26.4 Å². The van der Waals surface area contributed by atoms with Crippen molar-refractivity contribution >= 4 is 39.5 Å². The first-order chi connectivity index (χ1) is 41.2. The molecule has 0 radical (unpaired) electrons. The second-order valence-electron chi connectivity index (χ2n) is 23.9. The van der Waals surface area contributed by atoms with Crippen LogP contribution in [0.25, 0.3) is 0 Å². The van der Waals surface area contributed by atoms with Crippen LogP contribution in [0.4, 0.5) is 0 Å². The first-order valence-corrected chi connectivity index (χ1v) is 37.8. The molecule has 504 valence electrons. The maximum atomic E-state index is 13.0. The normalized spacial score (nSPS) is 14.1. The number of unbranched alkanes of at least 4 members (excludes halogenated alkanes) is 41. The molecule has 3 N–H and O–H groups in total. The van der Waals surface area contributed by atoms with Crippen LogP contribution in [-0.2, 0) is 65.4 Å². The minimum atomic E-state index is -4.94. The maximum absolute atomic E-state index is 13.0. The van der Waals surface area contributed by atoms with Gasteiger partial charge in [-0.05, 0) is 25.7 Å². The number of phosphoric acid groups is 2. The highest BCUT2D eigenvalue weighted by atomic mass is 31.2. The third kappa shape index (κ3) is 60.7. The summed E-state index contributed by atoms with van der Waals surface area (Å²) in [7, 11) is -9.88. The van der Waals surface area contributed by atoms with Crippen LogP contribution in [0.1, 0.15) is 342 Å². The van der Waals surface area contributed by atoms with E-state index in [1.807, 2.05) is 0 Å². The van der Waals surface area contributed by atoms with Crippen LogP contribution in [0.15, 0.2) is 0 Å². The minimum Gasteiger partial charge on any atom is -0.462 e. The van der Waals surface area contributed by atoms with Crippen LogP contribution in [0, 0.1) is 0 Å². The Morgan fingerprint density at radius 2 is 0.471 bits per heavy atom. The number of esters is 4. The molecule has 0 aliphatic heterocycles. The Hall–Kier alpha value is -1.94. The predicted octanol–water partition coefficient (Wildman–Crippen LogP) is 18.7. The van der Waals surface area contributed by atoms with Crippen molar-refractivity contribution in [1.29, 1.82) is 0 Å². The highest BCUT2D eigenvalue weighted by molar-refractivity contribution is 7.47. The Bertz CT molecular complexity index is 1640. The lowest BCUT2D eigenvalue weighted by Gasteiger charge is -2.21. The number of hydrogen-bond acceptors (Lipinski definition) is 15. The van der Waals surface area contributed by atoms with Crippen molar-refractivity contribution in [3.05, 3.63) is 0 Å². The van der Waals surface area contributed by atoms with Crippen LogP contribution < -0.4 is 0 Å². The van der Waals surface area contributed by atoms with E-state index >= 15 is 0 Å². The molecule has 0 aliphatic rings. The molecule has 0 aromatic carbocycles. The Kier molecular flexibility index (Phi) is 59.6. The van der Waals surface area contributed by atoms with E-state index in [0.29, 0.717) is 25.7 Å². The third-order valence-electron chi connectivity index (χ3n) is 15.4. The van der Waals surface area contributed by atoms with Crippen LogP contribution in [0.2, 0.25) is 0 Å². The second kappa shape index (κ2) is 60.9. The van der Waals surface area contributed by atoms with Crippen molar-refractivity contribution in [3.8, 4) is 0 Å². The first-order valence-electron chi connectivity index (χ1n) is 34.8. The summed E-state index contributed by atoms with van der Waals surface area (Å²) < 4.78 is 68.0. The molecular formula is C66H128O17P2. The number of rotatable bonds is 67. The smallest absolute Gasteiger partial charge is 0.462 e. The van der Waals surface area contributed by atoms with E-state index in [2.05, 4.69) is 27.7 Å². The van der Waals surface area contributed by atoms with Gasteiger partial charge in [-0.3, -0.25) is 37.3 Å². The van der Waals surface area contributed by atoms with Crippen molar-refractivity contribution in [2.24, 2.45) is 0 Å². The average molecular weight is 1260 g/mol. The molecule has 0 amide bonds. The largest absolute Gasteiger partial charge is 0.472 e. The van der Waals surface area contributed by atoms with Crippen molar-refractivity contribution in [2.45, 2.75) is 361 Å². The Morgan fingerprint density at radius 3 is 0.694 bits per heavy atom. The van der Waals surface area contributed by atoms with Gasteiger partial charge in [0.15, 0.2) is 12.2 Å². The summed E-state index contributed by atoms with van der Waals surface area (Å²) in [4.78, 5) is 72.2. The van der Waals surface area contributed by atoms with E-state index in [1.165, 1.54) is 161 Å². The van der Waals surface area contributed by atoms with E-state index in [9.17, 15) is 43.2 Å². The summed E-state index contributed by atoms with van der Waals surface area (Å²) in [6.07, 6.45) is 47.2. The molecule has 0 aromatic rings. The zero-order chi connectivity index (χ0) is 62.6. The zero-order valence-electron chi connectivity index (χ0n) is 54.6. The minimum absolute atomic E-state index is 0.107. The molecule has 0 aliphatic carbocycles. The quantitative estimate of drug-likeness (QED) is 0.0222. The van der Waals surface area contributed by atoms with Gasteiger partial charge >= 0.3 is 39.5 Å². The fourth-order valence-electron chi connectivity index (χ4n) is 9.99. The molecule has 0 heterocycles. The molecule has 5 atom stereocenters. The topological polar surface area (TPSA) is 237 Å². The van der Waals surface area contributed by atoms with Gasteiger partial charge in [0, 0.05) is 25.7 Å². The Morgan fingerprint density at radius 1 is 0.282 bits per heavy atom. The van der Waals surface area contributed by atoms with E-state index in [-0.39, 0.29) is 25.7 Å². The highest BCUT2D eigenvalue weighted by Crippen LogP contribution is 2.45. The van der Waals surface area contributed by atoms with Crippen LogP contribution in [0.5, 0.6) is 0 Å². The number of ether oxygens (including phenoxy) is 4. The number of aliphatic hydroxyl groups is 1. The number of carbonyl (C=O) groups is 4. The highest BCUT2D eigenvalue weighted by Gasteiger charge is 2.30. The lowest BCUT2D eigenvalue weighted by molar-refractivity contribution is -0.161. The molecule has 2 unspecified atom stereocenters. The molecule has 0 saturated heterocycles. The number of aliphatic hydroxyl groups excluding tert-OH is 1. The SMILES string of the molecule is CCCCCCCCCCCCCCCCCCC(=O)O[C@H](COC(=O)CCCCCCCCCCCCC)COP(=O)(O)OC[C@@H](O)COP(=O)(O)OC[C@@H](COC(=O)CCCCCCCCC)OC(=O)CCCCCCCCCCCCC. The van der Waals surface area contributed by atoms with E-state index in [1.54, 1.807) is 0 Å². The van der Waals surface area contributed by atoms with E-state index in [0.717, 1.165) is 103 Å². The molecule has 0 aromatic heterocycles. The molecule has 0 fully saturated rings. The third-order valence-corrected chi connectivity index (χ3v) is 17.3. The van der Waals surface area contributed by atoms with Crippen LogP contribution in [0.3, 0.4) is 0 Å². The van der Waals surface area contributed by atoms with Crippen molar-refractivity contribution in [2.75, 3.05) is 39.6 Å². The summed E-state index contributed by atoms with van der Waals surface area (Å²) in [5.74, 6) is -2.13. The number of phosphoric ester groups is 2. The first kappa shape index (κ1) is 83.1. The van der Waals surface area contributed by atoms with Gasteiger partial charge in [-0.1, -0.05) is 291 Å². The summed E-state index contributed by atoms with van der Waals surface area (Å²) in [5, 5.41) is 10.5. The molecule has 0 rings (SSSR count). The zero-order valence-corrected chi connectivity index (χ0v) is 56.4. The van der Waals surface area contributed by atoms with Crippen LogP contribution in [-0.4, -0.2) is 96.7 Å². The van der Waals surface area contributed by atoms with Gasteiger partial charge in [-0.25, -0.2) is 9.13 Å². The van der Waals surface area contributed by atoms with Gasteiger partial charge < -0.3 is 33.8 Å². The second-order valence-corrected chi connectivity index (χ2v) is 26.8. The fourth-order valence-corrected chi connectivity index (χ4v) is 11.6. The molecule has 0 bridgehead atoms. The van der Waals surface area contributed by atoms with E-state index in [4.69, 9.17) is 37.0 Å². The maximum Gasteiger partial charge on any atom is 0.472 e. The Balaban J connectivity index is 5.19. The Labute approximate surface area is 517 Å². The summed E-state index contributed by atoms with van der Waals surface area (Å²) in [6, 6.07) is 0. The lowest BCUT2D eigenvalue weighted by Crippen LogP contribution is -2.30. The lowest BCUT2D eigenvalue weighted by atomic mass is 10.0. The molecular weight excluding hydrogens is 1130 g/mol. The molecule has 17 nitrogen and oxygen atoms in total.